The maximum atomic E-state index is 3.71. The predicted molar refractivity (Wildman–Crippen MR) is 74.4 cm³/mol. The lowest BCUT2D eigenvalue weighted by Crippen LogP contribution is -2.42. The van der Waals surface area contributed by atoms with E-state index in [1.165, 1.54) is 17.7 Å². The lowest BCUT2D eigenvalue weighted by Gasteiger charge is -2.29. The lowest BCUT2D eigenvalue weighted by atomic mass is 9.99. The van der Waals surface area contributed by atoms with Crippen molar-refractivity contribution in [3.8, 4) is 0 Å². The number of fused-ring (bicyclic) bond motifs is 1. The highest BCUT2D eigenvalue weighted by Gasteiger charge is 2.23. The molecule has 0 aromatic heterocycles. The van der Waals surface area contributed by atoms with E-state index < -0.39 is 0 Å². The zero-order chi connectivity index (χ0) is 12.3. The Balaban J connectivity index is 2.23. The molecule has 17 heavy (non-hydrogen) atoms. The minimum atomic E-state index is 0.604. The van der Waals surface area contributed by atoms with Crippen LogP contribution < -0.4 is 10.2 Å². The van der Waals surface area contributed by atoms with Gasteiger partial charge in [-0.25, -0.2) is 0 Å². The lowest BCUT2D eigenvalue weighted by molar-refractivity contribution is 0.372. The Kier molecular flexibility index (Phi) is 4.06. The van der Waals surface area contributed by atoms with Crippen molar-refractivity contribution in [2.24, 2.45) is 5.92 Å². The van der Waals surface area contributed by atoms with E-state index in [9.17, 15) is 0 Å². The first kappa shape index (κ1) is 12.4. The van der Waals surface area contributed by atoms with Crippen molar-refractivity contribution in [1.82, 2.24) is 5.32 Å². The van der Waals surface area contributed by atoms with Crippen molar-refractivity contribution in [1.29, 1.82) is 0 Å². The minimum absolute atomic E-state index is 0.604. The molecule has 1 aliphatic rings. The monoisotopic (exact) mass is 232 g/mol. The fourth-order valence-electron chi connectivity index (χ4n) is 2.58. The molecule has 2 rings (SSSR count). The van der Waals surface area contributed by atoms with Crippen LogP contribution in [-0.4, -0.2) is 19.1 Å². The van der Waals surface area contributed by atoms with Gasteiger partial charge in [0.1, 0.15) is 0 Å². The molecule has 1 aromatic carbocycles. The van der Waals surface area contributed by atoms with Gasteiger partial charge in [0.25, 0.3) is 0 Å². The van der Waals surface area contributed by atoms with Gasteiger partial charge in [0.05, 0.1) is 0 Å². The first-order chi connectivity index (χ1) is 8.26. The fraction of sp³-hybridized carbons (Fsp3) is 0.600. The first-order valence-corrected chi connectivity index (χ1v) is 6.82. The first-order valence-electron chi connectivity index (χ1n) is 6.82. The second-order valence-corrected chi connectivity index (χ2v) is 5.04. The van der Waals surface area contributed by atoms with E-state index in [0.717, 1.165) is 25.6 Å². The van der Waals surface area contributed by atoms with Crippen LogP contribution in [0.25, 0.3) is 0 Å². The van der Waals surface area contributed by atoms with Crippen molar-refractivity contribution in [2.45, 2.75) is 39.8 Å². The molecule has 1 aliphatic heterocycles. The highest BCUT2D eigenvalue weighted by Crippen LogP contribution is 2.25. The maximum absolute atomic E-state index is 3.71. The third-order valence-corrected chi connectivity index (χ3v) is 4.02. The van der Waals surface area contributed by atoms with Crippen LogP contribution in [0.4, 0.5) is 5.69 Å². The van der Waals surface area contributed by atoms with Crippen LogP contribution in [0, 0.1) is 5.92 Å². The van der Waals surface area contributed by atoms with Gasteiger partial charge in [-0.15, -0.1) is 0 Å². The summed E-state index contributed by atoms with van der Waals surface area (Å²) in [6, 6.07) is 9.37. The van der Waals surface area contributed by atoms with Gasteiger partial charge in [0.15, 0.2) is 0 Å². The number of hydrogen-bond acceptors (Lipinski definition) is 2. The number of likely N-dealkylation sites (N-methyl/N-ethyl adjacent to an activating group) is 1. The molecule has 1 heterocycles. The molecule has 0 bridgehead atoms. The van der Waals surface area contributed by atoms with Crippen LogP contribution >= 0.6 is 0 Å². The molecule has 2 unspecified atom stereocenters. The molecule has 0 saturated carbocycles. The highest BCUT2D eigenvalue weighted by atomic mass is 15.2. The van der Waals surface area contributed by atoms with Crippen molar-refractivity contribution < 1.29 is 0 Å². The molecule has 94 valence electrons. The Morgan fingerprint density at radius 1 is 1.35 bits per heavy atom. The summed E-state index contributed by atoms with van der Waals surface area (Å²) in [6.07, 6.45) is 1.24. The summed E-state index contributed by atoms with van der Waals surface area (Å²) in [6.45, 7) is 10.1. The molecule has 0 aliphatic carbocycles. The number of para-hydroxylation sites is 1. The summed E-state index contributed by atoms with van der Waals surface area (Å²) < 4.78 is 0. The maximum Gasteiger partial charge on any atom is 0.0412 e. The van der Waals surface area contributed by atoms with Gasteiger partial charge in [0, 0.05) is 31.4 Å². The predicted octanol–water partition coefficient (Wildman–Crippen LogP) is 3.03. The Morgan fingerprint density at radius 2 is 2.12 bits per heavy atom. The highest BCUT2D eigenvalue weighted by molar-refractivity contribution is 5.54. The van der Waals surface area contributed by atoms with Crippen LogP contribution in [0.5, 0.6) is 0 Å². The fourth-order valence-corrected chi connectivity index (χ4v) is 2.58. The Morgan fingerprint density at radius 3 is 2.82 bits per heavy atom. The van der Waals surface area contributed by atoms with E-state index in [0.29, 0.717) is 6.04 Å². The molecule has 2 nitrogen and oxygen atoms in total. The SMILES string of the molecule is CCC(C)C1CN(CC)c2ccccc2CN1. The quantitative estimate of drug-likeness (QED) is 0.861. The Bertz CT molecular complexity index is 362. The number of anilines is 1. The van der Waals surface area contributed by atoms with Crippen molar-refractivity contribution in [3.63, 3.8) is 0 Å². The van der Waals surface area contributed by atoms with Crippen molar-refractivity contribution in [3.05, 3.63) is 29.8 Å². The Hall–Kier alpha value is -1.02. The third kappa shape index (κ3) is 2.63. The zero-order valence-corrected chi connectivity index (χ0v) is 11.2. The van der Waals surface area contributed by atoms with Gasteiger partial charge >= 0.3 is 0 Å². The van der Waals surface area contributed by atoms with Crippen molar-refractivity contribution >= 4 is 5.69 Å². The number of benzene rings is 1. The molecular formula is C15H24N2. The number of rotatable bonds is 3. The van der Waals surface area contributed by atoms with Gasteiger partial charge in [-0.3, -0.25) is 0 Å². The molecular weight excluding hydrogens is 208 g/mol. The smallest absolute Gasteiger partial charge is 0.0412 e. The van der Waals surface area contributed by atoms with E-state index in [1.807, 2.05) is 0 Å². The third-order valence-electron chi connectivity index (χ3n) is 4.02. The molecule has 1 aromatic rings. The van der Waals surface area contributed by atoms with Crippen LogP contribution in [0.3, 0.4) is 0 Å². The normalized spacial score (nSPS) is 21.8. The van der Waals surface area contributed by atoms with Gasteiger partial charge in [-0.2, -0.15) is 0 Å². The number of nitrogens with one attached hydrogen (secondary N) is 1. The van der Waals surface area contributed by atoms with Crippen LogP contribution in [0.1, 0.15) is 32.8 Å². The van der Waals surface area contributed by atoms with E-state index in [4.69, 9.17) is 0 Å². The van der Waals surface area contributed by atoms with Crippen LogP contribution in [0.15, 0.2) is 24.3 Å². The second kappa shape index (κ2) is 5.54. The number of nitrogens with zero attached hydrogens (tertiary/aromatic N) is 1. The van der Waals surface area contributed by atoms with Gasteiger partial charge in [-0.1, -0.05) is 38.5 Å². The molecule has 2 atom stereocenters. The summed E-state index contributed by atoms with van der Waals surface area (Å²) >= 11 is 0. The average molecular weight is 232 g/mol. The Labute approximate surface area is 105 Å². The second-order valence-electron chi connectivity index (χ2n) is 5.04. The average Bonchev–Trinajstić information content (AvgIpc) is 2.57. The van der Waals surface area contributed by atoms with E-state index in [1.54, 1.807) is 0 Å². The summed E-state index contributed by atoms with van der Waals surface area (Å²) in [5.74, 6) is 0.735. The molecule has 0 fully saturated rings. The van der Waals surface area contributed by atoms with Crippen LogP contribution in [-0.2, 0) is 6.54 Å². The summed E-state index contributed by atoms with van der Waals surface area (Å²) in [7, 11) is 0. The van der Waals surface area contributed by atoms with Crippen LogP contribution in [0.2, 0.25) is 0 Å². The molecule has 0 radical (unpaired) electrons. The van der Waals surface area contributed by atoms with Gasteiger partial charge in [-0.05, 0) is 24.5 Å². The van der Waals surface area contributed by atoms with Crippen molar-refractivity contribution in [2.75, 3.05) is 18.0 Å². The summed E-state index contributed by atoms with van der Waals surface area (Å²) in [5.41, 5.74) is 2.84. The molecule has 2 heteroatoms. The minimum Gasteiger partial charge on any atom is -0.370 e. The molecule has 0 saturated heterocycles. The van der Waals surface area contributed by atoms with Gasteiger partial charge < -0.3 is 10.2 Å². The molecule has 0 amide bonds. The molecule has 0 spiro atoms. The number of hydrogen-bond donors (Lipinski definition) is 1. The zero-order valence-electron chi connectivity index (χ0n) is 11.2. The largest absolute Gasteiger partial charge is 0.370 e. The summed E-state index contributed by atoms with van der Waals surface area (Å²) in [4.78, 5) is 2.51. The van der Waals surface area contributed by atoms with E-state index in [2.05, 4.69) is 55.3 Å². The van der Waals surface area contributed by atoms with E-state index in [-0.39, 0.29) is 0 Å². The summed E-state index contributed by atoms with van der Waals surface area (Å²) in [5, 5.41) is 3.71. The molecule has 1 N–H and O–H groups in total. The topological polar surface area (TPSA) is 15.3 Å². The standard InChI is InChI=1S/C15H24N2/c1-4-12(3)14-11-17(5-2)15-9-7-6-8-13(15)10-16-14/h6-9,12,14,16H,4-5,10-11H2,1-3H3. The van der Waals surface area contributed by atoms with Gasteiger partial charge in [0.2, 0.25) is 0 Å². The van der Waals surface area contributed by atoms with E-state index >= 15 is 0 Å².